The number of hydrogen-bond acceptors (Lipinski definition) is 4. The van der Waals surface area contributed by atoms with E-state index < -0.39 is 0 Å². The fourth-order valence-electron chi connectivity index (χ4n) is 1.76. The average molecular weight is 262 g/mol. The summed E-state index contributed by atoms with van der Waals surface area (Å²) in [5.74, 6) is 0. The molecule has 1 aromatic heterocycles. The van der Waals surface area contributed by atoms with Crippen LogP contribution in [0.4, 0.5) is 10.7 Å². The third-order valence-corrected chi connectivity index (χ3v) is 3.61. The minimum atomic E-state index is -0.356. The number of nitrogens with zero attached hydrogens (tertiary/aromatic N) is 1. The Morgan fingerprint density at radius 3 is 2.72 bits per heavy atom. The molecule has 0 atom stereocenters. The lowest BCUT2D eigenvalue weighted by atomic mass is 10.1. The summed E-state index contributed by atoms with van der Waals surface area (Å²) < 4.78 is 0. The lowest BCUT2D eigenvalue weighted by Gasteiger charge is -2.09. The standard InChI is InChI=1S/C13H14N2O2S/c1-9-3-4-12(10(2)5-9)14-7-11-6-13(15(16)17)18-8-11/h3-6,8,14H,7H2,1-2H3. The first-order chi connectivity index (χ1) is 8.56. The number of benzene rings is 1. The highest BCUT2D eigenvalue weighted by Gasteiger charge is 2.09. The quantitative estimate of drug-likeness (QED) is 0.672. The molecule has 4 nitrogen and oxygen atoms in total. The van der Waals surface area contributed by atoms with Crippen LogP contribution in [0.1, 0.15) is 16.7 Å². The van der Waals surface area contributed by atoms with Gasteiger partial charge in [-0.25, -0.2) is 0 Å². The van der Waals surface area contributed by atoms with Crippen molar-refractivity contribution in [3.8, 4) is 0 Å². The second-order valence-electron chi connectivity index (χ2n) is 4.22. The van der Waals surface area contributed by atoms with Crippen LogP contribution in [-0.2, 0) is 6.54 Å². The predicted octanol–water partition coefficient (Wildman–Crippen LogP) is 3.89. The van der Waals surface area contributed by atoms with Gasteiger partial charge in [0, 0.05) is 23.7 Å². The molecule has 1 aromatic carbocycles. The second kappa shape index (κ2) is 5.18. The molecule has 0 fully saturated rings. The van der Waals surface area contributed by atoms with Crippen molar-refractivity contribution in [3.05, 3.63) is 56.5 Å². The van der Waals surface area contributed by atoms with Gasteiger partial charge in [0.15, 0.2) is 0 Å². The number of thiophene rings is 1. The molecule has 0 unspecified atom stereocenters. The Morgan fingerprint density at radius 1 is 1.33 bits per heavy atom. The molecule has 0 saturated heterocycles. The summed E-state index contributed by atoms with van der Waals surface area (Å²) >= 11 is 1.16. The summed E-state index contributed by atoms with van der Waals surface area (Å²) in [4.78, 5) is 10.2. The van der Waals surface area contributed by atoms with Crippen LogP contribution in [0.15, 0.2) is 29.6 Å². The summed E-state index contributed by atoms with van der Waals surface area (Å²) in [6, 6.07) is 7.80. The molecule has 0 saturated carbocycles. The Morgan fingerprint density at radius 2 is 2.11 bits per heavy atom. The molecule has 2 aromatic rings. The average Bonchev–Trinajstić information content (AvgIpc) is 2.76. The van der Waals surface area contributed by atoms with E-state index in [2.05, 4.69) is 18.3 Å². The van der Waals surface area contributed by atoms with E-state index in [1.807, 2.05) is 24.4 Å². The molecule has 1 heterocycles. The molecule has 18 heavy (non-hydrogen) atoms. The van der Waals surface area contributed by atoms with Crippen molar-refractivity contribution in [3.63, 3.8) is 0 Å². The lowest BCUT2D eigenvalue weighted by molar-refractivity contribution is -0.380. The number of nitro groups is 1. The second-order valence-corrected chi connectivity index (χ2v) is 5.11. The number of rotatable bonds is 4. The van der Waals surface area contributed by atoms with Crippen molar-refractivity contribution >= 4 is 22.0 Å². The van der Waals surface area contributed by atoms with Gasteiger partial charge in [-0.3, -0.25) is 10.1 Å². The zero-order valence-electron chi connectivity index (χ0n) is 10.3. The van der Waals surface area contributed by atoms with Crippen molar-refractivity contribution in [1.82, 2.24) is 0 Å². The molecule has 0 aliphatic heterocycles. The minimum Gasteiger partial charge on any atom is -0.381 e. The normalized spacial score (nSPS) is 10.3. The fraction of sp³-hybridized carbons (Fsp3) is 0.231. The van der Waals surface area contributed by atoms with Gasteiger partial charge in [-0.1, -0.05) is 29.0 Å². The zero-order chi connectivity index (χ0) is 13.1. The first-order valence-electron chi connectivity index (χ1n) is 5.59. The van der Waals surface area contributed by atoms with Gasteiger partial charge in [0.1, 0.15) is 0 Å². The van der Waals surface area contributed by atoms with Gasteiger partial charge < -0.3 is 5.32 Å². The van der Waals surface area contributed by atoms with Crippen LogP contribution in [0.2, 0.25) is 0 Å². The number of hydrogen-bond donors (Lipinski definition) is 1. The zero-order valence-corrected chi connectivity index (χ0v) is 11.1. The smallest absolute Gasteiger partial charge is 0.324 e. The molecule has 0 amide bonds. The Kier molecular flexibility index (Phi) is 3.62. The highest BCUT2D eigenvalue weighted by Crippen LogP contribution is 2.24. The summed E-state index contributed by atoms with van der Waals surface area (Å²) in [6.07, 6.45) is 0. The van der Waals surface area contributed by atoms with Crippen LogP contribution in [0, 0.1) is 24.0 Å². The van der Waals surface area contributed by atoms with Gasteiger partial charge in [0.25, 0.3) is 0 Å². The monoisotopic (exact) mass is 262 g/mol. The van der Waals surface area contributed by atoms with Crippen LogP contribution in [0.5, 0.6) is 0 Å². The van der Waals surface area contributed by atoms with Gasteiger partial charge in [-0.2, -0.15) is 0 Å². The molecular formula is C13H14N2O2S. The summed E-state index contributed by atoms with van der Waals surface area (Å²) in [6.45, 7) is 4.71. The largest absolute Gasteiger partial charge is 0.381 e. The Balaban J connectivity index is 2.04. The SMILES string of the molecule is Cc1ccc(NCc2csc([N+](=O)[O-])c2)c(C)c1. The molecule has 2 rings (SSSR count). The molecule has 5 heteroatoms. The van der Waals surface area contributed by atoms with Crippen molar-refractivity contribution in [2.24, 2.45) is 0 Å². The van der Waals surface area contributed by atoms with E-state index in [0.717, 1.165) is 22.6 Å². The topological polar surface area (TPSA) is 55.2 Å². The highest BCUT2D eigenvalue weighted by atomic mass is 32.1. The van der Waals surface area contributed by atoms with E-state index in [1.165, 1.54) is 11.1 Å². The highest BCUT2D eigenvalue weighted by molar-refractivity contribution is 7.13. The van der Waals surface area contributed by atoms with E-state index in [4.69, 9.17) is 0 Å². The molecule has 94 valence electrons. The van der Waals surface area contributed by atoms with Crippen LogP contribution in [0.3, 0.4) is 0 Å². The van der Waals surface area contributed by atoms with E-state index in [0.29, 0.717) is 6.54 Å². The van der Waals surface area contributed by atoms with Gasteiger partial charge in [0.05, 0.1) is 4.92 Å². The van der Waals surface area contributed by atoms with E-state index in [9.17, 15) is 10.1 Å². The van der Waals surface area contributed by atoms with E-state index in [-0.39, 0.29) is 9.92 Å². The first kappa shape index (κ1) is 12.6. The fourth-order valence-corrected chi connectivity index (χ4v) is 2.49. The van der Waals surface area contributed by atoms with Crippen molar-refractivity contribution in [2.75, 3.05) is 5.32 Å². The van der Waals surface area contributed by atoms with Gasteiger partial charge in [-0.05, 0) is 31.0 Å². The van der Waals surface area contributed by atoms with Gasteiger partial charge >= 0.3 is 5.00 Å². The van der Waals surface area contributed by atoms with Crippen molar-refractivity contribution < 1.29 is 4.92 Å². The van der Waals surface area contributed by atoms with Crippen LogP contribution in [0.25, 0.3) is 0 Å². The lowest BCUT2D eigenvalue weighted by Crippen LogP contribution is -2.00. The molecule has 0 aliphatic carbocycles. The summed E-state index contributed by atoms with van der Waals surface area (Å²) in [5, 5.41) is 15.9. The van der Waals surface area contributed by atoms with Crippen LogP contribution in [-0.4, -0.2) is 4.92 Å². The van der Waals surface area contributed by atoms with Crippen LogP contribution < -0.4 is 5.32 Å². The summed E-state index contributed by atoms with van der Waals surface area (Å²) in [5.41, 5.74) is 4.41. The predicted molar refractivity (Wildman–Crippen MR) is 74.2 cm³/mol. The number of aryl methyl sites for hydroxylation is 2. The van der Waals surface area contributed by atoms with Crippen molar-refractivity contribution in [1.29, 1.82) is 0 Å². The molecule has 0 radical (unpaired) electrons. The molecular weight excluding hydrogens is 248 g/mol. The van der Waals surface area contributed by atoms with E-state index in [1.54, 1.807) is 6.07 Å². The van der Waals surface area contributed by atoms with Gasteiger partial charge in [0.2, 0.25) is 0 Å². The van der Waals surface area contributed by atoms with Crippen molar-refractivity contribution in [2.45, 2.75) is 20.4 Å². The van der Waals surface area contributed by atoms with Crippen LogP contribution >= 0.6 is 11.3 Å². The number of nitrogens with one attached hydrogen (secondary N) is 1. The number of anilines is 1. The third-order valence-electron chi connectivity index (χ3n) is 2.68. The molecule has 0 aliphatic rings. The first-order valence-corrected chi connectivity index (χ1v) is 6.47. The molecule has 0 spiro atoms. The molecule has 1 N–H and O–H groups in total. The third kappa shape index (κ3) is 2.87. The Bertz CT molecular complexity index is 578. The summed E-state index contributed by atoms with van der Waals surface area (Å²) in [7, 11) is 0. The maximum Gasteiger partial charge on any atom is 0.324 e. The van der Waals surface area contributed by atoms with E-state index >= 15 is 0 Å². The maximum absolute atomic E-state index is 10.6. The molecule has 0 bridgehead atoms. The minimum absolute atomic E-state index is 0.187. The Labute approximate surface area is 109 Å². The Hall–Kier alpha value is -1.88. The maximum atomic E-state index is 10.6. The van der Waals surface area contributed by atoms with Gasteiger partial charge in [-0.15, -0.1) is 0 Å².